The van der Waals surface area contributed by atoms with E-state index >= 15 is 0 Å². The molecule has 0 saturated carbocycles. The molecule has 0 radical (unpaired) electrons. The van der Waals surface area contributed by atoms with E-state index in [1.807, 2.05) is 43.5 Å². The Balaban J connectivity index is 2.36. The number of hydrogen-bond acceptors (Lipinski definition) is 4. The second-order valence-corrected chi connectivity index (χ2v) is 5.08. The molecule has 0 fully saturated rings. The van der Waals surface area contributed by atoms with Crippen molar-refractivity contribution in [2.45, 2.75) is 13.0 Å². The van der Waals surface area contributed by atoms with Crippen LogP contribution in [0.25, 0.3) is 0 Å². The molecule has 1 aromatic heterocycles. The molecule has 1 unspecified atom stereocenters. The molecular formula is C14H16BrN3O. The van der Waals surface area contributed by atoms with Crippen LogP contribution < -0.4 is 16.0 Å². The topological polar surface area (TPSA) is 60.2 Å². The monoisotopic (exact) mass is 321 g/mol. The van der Waals surface area contributed by atoms with E-state index in [4.69, 9.17) is 10.6 Å². The molecule has 1 aromatic carbocycles. The number of nitrogens with one attached hydrogen (secondary N) is 1. The maximum absolute atomic E-state index is 5.67. The van der Waals surface area contributed by atoms with Gasteiger partial charge in [0.2, 0.25) is 0 Å². The van der Waals surface area contributed by atoms with Crippen molar-refractivity contribution in [2.75, 3.05) is 7.11 Å². The van der Waals surface area contributed by atoms with Crippen molar-refractivity contribution in [2.24, 2.45) is 5.84 Å². The summed E-state index contributed by atoms with van der Waals surface area (Å²) in [5, 5.41) is 0. The average molecular weight is 322 g/mol. The van der Waals surface area contributed by atoms with Crippen LogP contribution in [-0.4, -0.2) is 12.1 Å². The zero-order chi connectivity index (χ0) is 13.8. The smallest absolute Gasteiger partial charge is 0.133 e. The number of ether oxygens (including phenoxy) is 1. The van der Waals surface area contributed by atoms with E-state index in [9.17, 15) is 0 Å². The fourth-order valence-electron chi connectivity index (χ4n) is 1.90. The molecule has 5 heteroatoms. The lowest BCUT2D eigenvalue weighted by Crippen LogP contribution is -2.29. The predicted octanol–water partition coefficient (Wildman–Crippen LogP) is 2.71. The maximum atomic E-state index is 5.67. The van der Waals surface area contributed by atoms with Crippen molar-refractivity contribution in [3.8, 4) is 5.75 Å². The van der Waals surface area contributed by atoms with Crippen molar-refractivity contribution < 1.29 is 4.74 Å². The first kappa shape index (κ1) is 14.0. The first-order chi connectivity index (χ1) is 9.15. The number of hydrazine groups is 1. The second-order valence-electron chi connectivity index (χ2n) is 4.23. The molecule has 0 aliphatic rings. The van der Waals surface area contributed by atoms with E-state index in [0.29, 0.717) is 0 Å². The minimum Gasteiger partial charge on any atom is -0.496 e. The van der Waals surface area contributed by atoms with Gasteiger partial charge in [0.1, 0.15) is 5.75 Å². The van der Waals surface area contributed by atoms with Crippen molar-refractivity contribution in [3.63, 3.8) is 0 Å². The van der Waals surface area contributed by atoms with Gasteiger partial charge in [-0.3, -0.25) is 10.8 Å². The normalized spacial score (nSPS) is 12.2. The fourth-order valence-corrected chi connectivity index (χ4v) is 2.46. The molecule has 1 heterocycles. The lowest BCUT2D eigenvalue weighted by molar-refractivity contribution is 0.411. The molecule has 0 aliphatic carbocycles. The maximum Gasteiger partial charge on any atom is 0.133 e. The number of nitrogens with two attached hydrogens (primary N) is 1. The molecule has 0 amide bonds. The Kier molecular flexibility index (Phi) is 4.52. The molecular weight excluding hydrogens is 306 g/mol. The Morgan fingerprint density at radius 1 is 1.26 bits per heavy atom. The highest BCUT2D eigenvalue weighted by molar-refractivity contribution is 9.10. The molecule has 2 rings (SSSR count). The van der Waals surface area contributed by atoms with Gasteiger partial charge in [0.15, 0.2) is 0 Å². The molecule has 1 atom stereocenters. The largest absolute Gasteiger partial charge is 0.496 e. The average Bonchev–Trinajstić information content (AvgIpc) is 2.42. The molecule has 19 heavy (non-hydrogen) atoms. The Morgan fingerprint density at radius 2 is 2.00 bits per heavy atom. The van der Waals surface area contributed by atoms with Gasteiger partial charge in [0, 0.05) is 11.9 Å². The Labute approximate surface area is 121 Å². The first-order valence-corrected chi connectivity index (χ1v) is 6.67. The number of rotatable bonds is 4. The van der Waals surface area contributed by atoms with E-state index < -0.39 is 0 Å². The summed E-state index contributed by atoms with van der Waals surface area (Å²) in [6.07, 6.45) is 1.83. The SMILES string of the molecule is COc1ccc(C(NN)c2ccc(C)nc2)cc1Br. The summed E-state index contributed by atoms with van der Waals surface area (Å²) in [6, 6.07) is 9.77. The van der Waals surface area contributed by atoms with Gasteiger partial charge in [-0.2, -0.15) is 0 Å². The molecule has 100 valence electrons. The Bertz CT molecular complexity index is 557. The van der Waals surface area contributed by atoms with Crippen LogP contribution in [0.2, 0.25) is 0 Å². The third kappa shape index (κ3) is 3.12. The number of aromatic nitrogens is 1. The third-order valence-electron chi connectivity index (χ3n) is 2.94. The molecule has 0 spiro atoms. The van der Waals surface area contributed by atoms with E-state index in [0.717, 1.165) is 27.0 Å². The number of aryl methyl sites for hydroxylation is 1. The number of benzene rings is 1. The van der Waals surface area contributed by atoms with Crippen LogP contribution in [-0.2, 0) is 0 Å². The number of nitrogens with zero attached hydrogens (tertiary/aromatic N) is 1. The summed E-state index contributed by atoms with van der Waals surface area (Å²) < 4.78 is 6.12. The molecule has 3 N–H and O–H groups in total. The summed E-state index contributed by atoms with van der Waals surface area (Å²) in [5.74, 6) is 6.46. The molecule has 2 aromatic rings. The minimum absolute atomic E-state index is 0.102. The van der Waals surface area contributed by atoms with Crippen LogP contribution in [0.1, 0.15) is 22.9 Å². The highest BCUT2D eigenvalue weighted by Gasteiger charge is 2.14. The highest BCUT2D eigenvalue weighted by atomic mass is 79.9. The van der Waals surface area contributed by atoms with E-state index in [1.54, 1.807) is 7.11 Å². The van der Waals surface area contributed by atoms with Crippen molar-refractivity contribution in [1.82, 2.24) is 10.4 Å². The molecule has 0 aliphatic heterocycles. The fraction of sp³-hybridized carbons (Fsp3) is 0.214. The van der Waals surface area contributed by atoms with Crippen molar-refractivity contribution in [1.29, 1.82) is 0 Å². The number of halogens is 1. The summed E-state index contributed by atoms with van der Waals surface area (Å²) in [7, 11) is 1.64. The van der Waals surface area contributed by atoms with Crippen molar-refractivity contribution in [3.05, 3.63) is 57.8 Å². The lowest BCUT2D eigenvalue weighted by Gasteiger charge is -2.17. The third-order valence-corrected chi connectivity index (χ3v) is 3.56. The quantitative estimate of drug-likeness (QED) is 0.671. The van der Waals surface area contributed by atoms with Gasteiger partial charge in [-0.25, -0.2) is 5.43 Å². The number of hydrogen-bond donors (Lipinski definition) is 2. The number of pyridine rings is 1. The van der Waals surface area contributed by atoms with Gasteiger partial charge in [0.25, 0.3) is 0 Å². The molecule has 0 saturated heterocycles. The van der Waals surface area contributed by atoms with Crippen LogP contribution in [0.3, 0.4) is 0 Å². The molecule has 0 bridgehead atoms. The van der Waals surface area contributed by atoms with Crippen molar-refractivity contribution >= 4 is 15.9 Å². The first-order valence-electron chi connectivity index (χ1n) is 5.88. The lowest BCUT2D eigenvalue weighted by atomic mass is 10.0. The van der Waals surface area contributed by atoms with Gasteiger partial charge in [-0.05, 0) is 52.2 Å². The standard InChI is InChI=1S/C14H16BrN3O/c1-9-3-4-11(8-17-9)14(18-16)10-5-6-13(19-2)12(15)7-10/h3-8,14,18H,16H2,1-2H3. The Hall–Kier alpha value is -1.43. The van der Waals surface area contributed by atoms with Crippen LogP contribution >= 0.6 is 15.9 Å². The summed E-state index contributed by atoms with van der Waals surface area (Å²) >= 11 is 3.48. The number of methoxy groups -OCH3 is 1. The van der Waals surface area contributed by atoms with E-state index in [2.05, 4.69) is 26.3 Å². The van der Waals surface area contributed by atoms with Crippen LogP contribution in [0, 0.1) is 6.92 Å². The van der Waals surface area contributed by atoms with Gasteiger partial charge in [0.05, 0.1) is 17.6 Å². The highest BCUT2D eigenvalue weighted by Crippen LogP contribution is 2.30. The van der Waals surface area contributed by atoms with Gasteiger partial charge in [-0.15, -0.1) is 0 Å². The van der Waals surface area contributed by atoms with Gasteiger partial charge < -0.3 is 4.74 Å². The molecule has 4 nitrogen and oxygen atoms in total. The summed E-state index contributed by atoms with van der Waals surface area (Å²) in [6.45, 7) is 1.96. The van der Waals surface area contributed by atoms with Crippen LogP contribution in [0.5, 0.6) is 5.75 Å². The van der Waals surface area contributed by atoms with Gasteiger partial charge in [-0.1, -0.05) is 12.1 Å². The zero-order valence-corrected chi connectivity index (χ0v) is 12.4. The van der Waals surface area contributed by atoms with Crippen LogP contribution in [0.4, 0.5) is 0 Å². The van der Waals surface area contributed by atoms with Gasteiger partial charge >= 0.3 is 0 Å². The zero-order valence-electron chi connectivity index (χ0n) is 10.9. The predicted molar refractivity (Wildman–Crippen MR) is 78.8 cm³/mol. The van der Waals surface area contributed by atoms with E-state index in [1.165, 1.54) is 0 Å². The Morgan fingerprint density at radius 3 is 2.53 bits per heavy atom. The van der Waals surface area contributed by atoms with E-state index in [-0.39, 0.29) is 6.04 Å². The van der Waals surface area contributed by atoms with Crippen LogP contribution in [0.15, 0.2) is 41.0 Å². The second kappa shape index (κ2) is 6.14. The summed E-state index contributed by atoms with van der Waals surface area (Å²) in [5.41, 5.74) is 5.86. The minimum atomic E-state index is -0.102. The summed E-state index contributed by atoms with van der Waals surface area (Å²) in [4.78, 5) is 4.30.